The number of hydrogen-bond acceptors (Lipinski definition) is 2. The van der Waals surface area contributed by atoms with Gasteiger partial charge in [0, 0.05) is 0 Å². The Morgan fingerprint density at radius 3 is 1.58 bits per heavy atom. The zero-order valence-electron chi connectivity index (χ0n) is 15.2. The van der Waals surface area contributed by atoms with Crippen LogP contribution in [0.3, 0.4) is 0 Å². The molecule has 0 radical (unpaired) electrons. The Labute approximate surface area is 156 Å². The summed E-state index contributed by atoms with van der Waals surface area (Å²) in [5.74, 6) is 0. The topological polar surface area (TPSA) is 34.1 Å². The van der Waals surface area contributed by atoms with Gasteiger partial charge in [-0.25, -0.2) is 0 Å². The van der Waals surface area contributed by atoms with Gasteiger partial charge in [-0.15, -0.1) is 0 Å². The van der Waals surface area contributed by atoms with Gasteiger partial charge in [-0.3, -0.25) is 0 Å². The molecule has 26 heavy (non-hydrogen) atoms. The van der Waals surface area contributed by atoms with E-state index in [2.05, 4.69) is 0 Å². The first-order chi connectivity index (χ1) is 12.5. The van der Waals surface area contributed by atoms with Gasteiger partial charge in [0.25, 0.3) is 0 Å². The molecular weight excluding hydrogens is 358 g/mol. The molecule has 2 nitrogen and oxygen atoms in total. The van der Waals surface area contributed by atoms with Gasteiger partial charge >= 0.3 is 156 Å². The van der Waals surface area contributed by atoms with Crippen LogP contribution in [0.1, 0.15) is 27.0 Å². The van der Waals surface area contributed by atoms with E-state index in [1.807, 2.05) is 93.6 Å². The molecule has 0 saturated carbocycles. The maximum absolute atomic E-state index is 13.9. The Kier molecular flexibility index (Phi) is 5.47. The number of benzene rings is 3. The summed E-state index contributed by atoms with van der Waals surface area (Å²) in [5, 5.41) is 1.74. The van der Waals surface area contributed by atoms with Crippen LogP contribution in [0.4, 0.5) is 0 Å². The van der Waals surface area contributed by atoms with E-state index < -0.39 is 6.95 Å². The van der Waals surface area contributed by atoms with E-state index in [0.717, 1.165) is 27.3 Å². The molecule has 0 heterocycles. The van der Waals surface area contributed by atoms with E-state index in [1.165, 1.54) is 0 Å². The van der Waals surface area contributed by atoms with Gasteiger partial charge in [-0.2, -0.15) is 0 Å². The summed E-state index contributed by atoms with van der Waals surface area (Å²) in [6.07, 6.45) is 0. The molecular formula is C22H22O2P2. The molecule has 0 fully saturated rings. The molecule has 132 valence electrons. The van der Waals surface area contributed by atoms with Gasteiger partial charge in [0.15, 0.2) is 0 Å². The predicted octanol–water partition coefficient (Wildman–Crippen LogP) is 5.36. The Bertz CT molecular complexity index is 888. The molecule has 0 spiro atoms. The summed E-state index contributed by atoms with van der Waals surface area (Å²) in [4.78, 5) is 13.9. The van der Waals surface area contributed by atoms with Crippen LogP contribution >= 0.6 is 15.1 Å². The Morgan fingerprint density at radius 2 is 1.19 bits per heavy atom. The fourth-order valence-electron chi connectivity index (χ4n) is 3.65. The van der Waals surface area contributed by atoms with Crippen molar-refractivity contribution in [3.8, 4) is 0 Å². The second-order valence-corrected chi connectivity index (χ2v) is 12.4. The van der Waals surface area contributed by atoms with Crippen LogP contribution < -0.4 is 10.6 Å². The molecule has 0 saturated heterocycles. The van der Waals surface area contributed by atoms with Crippen molar-refractivity contribution in [2.24, 2.45) is 0 Å². The van der Waals surface area contributed by atoms with Gasteiger partial charge < -0.3 is 0 Å². The number of carbonyl (C=O) groups is 1. The average molecular weight is 380 g/mol. The summed E-state index contributed by atoms with van der Waals surface area (Å²) in [7, 11) is -0.102. The third kappa shape index (κ3) is 3.16. The van der Waals surface area contributed by atoms with E-state index >= 15 is 0 Å². The monoisotopic (exact) mass is 380 g/mol. The molecule has 0 aliphatic carbocycles. The fourth-order valence-corrected chi connectivity index (χ4v) is 9.02. The minimum absolute atomic E-state index is 0.00145. The van der Waals surface area contributed by atoms with Crippen molar-refractivity contribution in [2.45, 2.75) is 20.8 Å². The van der Waals surface area contributed by atoms with E-state index in [-0.39, 0.29) is 13.7 Å². The molecule has 0 aliphatic heterocycles. The van der Waals surface area contributed by atoms with Gasteiger partial charge in [0.05, 0.1) is 0 Å². The van der Waals surface area contributed by atoms with Gasteiger partial charge in [-0.05, 0) is 0 Å². The summed E-state index contributed by atoms with van der Waals surface area (Å²) < 4.78 is 12.7. The third-order valence-corrected chi connectivity index (χ3v) is 11.3. The Hall–Kier alpha value is -2.14. The van der Waals surface area contributed by atoms with Gasteiger partial charge in [-0.1, -0.05) is 0 Å². The molecule has 0 bridgehead atoms. The molecule has 0 atom stereocenters. The minimum atomic E-state index is -3.17. The molecule has 0 aliphatic rings. The average Bonchev–Trinajstić information content (AvgIpc) is 2.64. The first-order valence-electron chi connectivity index (χ1n) is 8.59. The van der Waals surface area contributed by atoms with Gasteiger partial charge in [0.1, 0.15) is 0 Å². The van der Waals surface area contributed by atoms with E-state index in [4.69, 9.17) is 0 Å². The quantitative estimate of drug-likeness (QED) is 0.559. The van der Waals surface area contributed by atoms with Crippen molar-refractivity contribution in [1.82, 2.24) is 0 Å². The van der Waals surface area contributed by atoms with Crippen LogP contribution in [0, 0.1) is 20.8 Å². The molecule has 0 N–H and O–H groups in total. The second-order valence-electron chi connectivity index (χ2n) is 6.64. The van der Waals surface area contributed by atoms with Crippen molar-refractivity contribution in [3.63, 3.8) is 0 Å². The van der Waals surface area contributed by atoms with Gasteiger partial charge in [0.2, 0.25) is 0 Å². The Balaban J connectivity index is 2.32. The van der Waals surface area contributed by atoms with Crippen LogP contribution in [0.5, 0.6) is 0 Å². The molecule has 0 unspecified atom stereocenters. The molecule has 3 rings (SSSR count). The summed E-state index contributed by atoms with van der Waals surface area (Å²) >= 11 is 0. The van der Waals surface area contributed by atoms with Crippen molar-refractivity contribution in [3.05, 3.63) is 95.1 Å². The van der Waals surface area contributed by atoms with Crippen LogP contribution in [0.15, 0.2) is 72.8 Å². The third-order valence-electron chi connectivity index (χ3n) is 4.75. The van der Waals surface area contributed by atoms with Crippen LogP contribution in [0.25, 0.3) is 0 Å². The predicted molar refractivity (Wildman–Crippen MR) is 113 cm³/mol. The Morgan fingerprint density at radius 1 is 0.769 bits per heavy atom. The standard InChI is InChI=1S/C22H22O2P2/c1-16-14-17(2)21(18(3)15-16)22(23)26(25-24,19-10-6-4-7-11-19)20-12-8-5-9-13-20/h4-15,26H,1-3H3. The normalized spacial score (nSPS) is 12.1. The van der Waals surface area contributed by atoms with Crippen molar-refractivity contribution >= 4 is 31.2 Å². The number of hydrogen-bond donors (Lipinski definition) is 0. The molecule has 0 amide bonds. The zero-order chi connectivity index (χ0) is 18.7. The van der Waals surface area contributed by atoms with Crippen LogP contribution in [-0.4, -0.2) is 5.52 Å². The molecule has 0 aromatic heterocycles. The van der Waals surface area contributed by atoms with Crippen molar-refractivity contribution in [1.29, 1.82) is 0 Å². The first kappa shape index (κ1) is 18.6. The number of carbonyl (C=O) groups excluding carboxylic acids is 1. The second kappa shape index (κ2) is 7.62. The van der Waals surface area contributed by atoms with E-state index in [1.54, 1.807) is 0 Å². The summed E-state index contributed by atoms with van der Waals surface area (Å²) in [6, 6.07) is 23.3. The zero-order valence-corrected chi connectivity index (χ0v) is 17.1. The van der Waals surface area contributed by atoms with Crippen LogP contribution in [0.2, 0.25) is 0 Å². The SMILES string of the molecule is Cc1cc(C)c(C(=O)[PH](P=O)(c2ccccc2)c2ccccc2)c(C)c1. The maximum atomic E-state index is 13.9. The first-order valence-corrected chi connectivity index (χ1v) is 12.2. The molecule has 3 aromatic carbocycles. The summed E-state index contributed by atoms with van der Waals surface area (Å²) in [6.45, 7) is 2.78. The van der Waals surface area contributed by atoms with E-state index in [9.17, 15) is 9.36 Å². The molecule has 4 heteroatoms. The van der Waals surface area contributed by atoms with E-state index in [0.29, 0.717) is 5.56 Å². The number of aryl methyl sites for hydroxylation is 3. The van der Waals surface area contributed by atoms with Crippen LogP contribution in [-0.2, 0) is 4.57 Å². The fraction of sp³-hybridized carbons (Fsp3) is 0.136. The molecule has 3 aromatic rings. The summed E-state index contributed by atoms with van der Waals surface area (Å²) in [5.41, 5.74) is 3.72. The van der Waals surface area contributed by atoms with Crippen molar-refractivity contribution in [2.75, 3.05) is 0 Å². The number of rotatable bonds is 5. The van der Waals surface area contributed by atoms with Crippen molar-refractivity contribution < 1.29 is 9.36 Å².